The SMILES string of the molecule is C=Cc1ccc2c(C(=O)N3CCN(CC)CC3)cn(CC)c2c1. The third-order valence-corrected chi connectivity index (χ3v) is 4.82. The van der Waals surface area contributed by atoms with Crippen molar-refractivity contribution in [3.05, 3.63) is 42.1 Å². The first kappa shape index (κ1) is 15.8. The maximum atomic E-state index is 13.0. The van der Waals surface area contributed by atoms with Crippen LogP contribution in [-0.2, 0) is 6.54 Å². The van der Waals surface area contributed by atoms with Crippen molar-refractivity contribution in [1.29, 1.82) is 0 Å². The fourth-order valence-electron chi connectivity index (χ4n) is 3.31. The number of aromatic nitrogens is 1. The summed E-state index contributed by atoms with van der Waals surface area (Å²) in [5.41, 5.74) is 3.02. The highest BCUT2D eigenvalue weighted by atomic mass is 16.2. The van der Waals surface area contributed by atoms with Crippen LogP contribution in [0.4, 0.5) is 0 Å². The predicted molar refractivity (Wildman–Crippen MR) is 95.7 cm³/mol. The highest BCUT2D eigenvalue weighted by Crippen LogP contribution is 2.25. The Morgan fingerprint density at radius 3 is 2.52 bits per heavy atom. The van der Waals surface area contributed by atoms with E-state index in [1.807, 2.05) is 29.3 Å². The Balaban J connectivity index is 1.93. The summed E-state index contributed by atoms with van der Waals surface area (Å²) in [6.45, 7) is 13.6. The molecule has 0 aliphatic carbocycles. The zero-order chi connectivity index (χ0) is 16.4. The van der Waals surface area contributed by atoms with Crippen LogP contribution >= 0.6 is 0 Å². The van der Waals surface area contributed by atoms with Gasteiger partial charge >= 0.3 is 0 Å². The van der Waals surface area contributed by atoms with Gasteiger partial charge in [0.05, 0.1) is 5.56 Å². The lowest BCUT2D eigenvalue weighted by Crippen LogP contribution is -2.48. The normalized spacial score (nSPS) is 16.0. The number of amides is 1. The van der Waals surface area contributed by atoms with Crippen LogP contribution in [0.15, 0.2) is 31.0 Å². The summed E-state index contributed by atoms with van der Waals surface area (Å²) in [5, 5.41) is 1.04. The molecule has 3 rings (SSSR count). The fourth-order valence-corrected chi connectivity index (χ4v) is 3.31. The van der Waals surface area contributed by atoms with Gasteiger partial charge < -0.3 is 14.4 Å². The molecular formula is C19H25N3O. The smallest absolute Gasteiger partial charge is 0.256 e. The minimum Gasteiger partial charge on any atom is -0.347 e. The van der Waals surface area contributed by atoms with Gasteiger partial charge in [-0.15, -0.1) is 0 Å². The number of likely N-dealkylation sites (N-methyl/N-ethyl adjacent to an activating group) is 1. The van der Waals surface area contributed by atoms with Crippen molar-refractivity contribution in [2.45, 2.75) is 20.4 Å². The fraction of sp³-hybridized carbons (Fsp3) is 0.421. The van der Waals surface area contributed by atoms with Gasteiger partial charge in [0.25, 0.3) is 5.91 Å². The quantitative estimate of drug-likeness (QED) is 0.868. The minimum absolute atomic E-state index is 0.157. The van der Waals surface area contributed by atoms with Gasteiger partial charge in [-0.05, 0) is 25.1 Å². The molecule has 4 heteroatoms. The molecule has 4 nitrogen and oxygen atoms in total. The number of piperazine rings is 1. The van der Waals surface area contributed by atoms with Gasteiger partial charge in [0, 0.05) is 49.8 Å². The molecule has 0 radical (unpaired) electrons. The third kappa shape index (κ3) is 2.91. The van der Waals surface area contributed by atoms with Gasteiger partial charge in [-0.3, -0.25) is 4.79 Å². The average Bonchev–Trinajstić information content (AvgIpc) is 2.99. The van der Waals surface area contributed by atoms with Gasteiger partial charge in [-0.1, -0.05) is 31.7 Å². The maximum absolute atomic E-state index is 13.0. The molecule has 23 heavy (non-hydrogen) atoms. The molecule has 2 heterocycles. The number of benzene rings is 1. The van der Waals surface area contributed by atoms with E-state index in [-0.39, 0.29) is 5.91 Å². The van der Waals surface area contributed by atoms with Gasteiger partial charge in [0.15, 0.2) is 0 Å². The summed E-state index contributed by atoms with van der Waals surface area (Å²) in [6.07, 6.45) is 3.85. The topological polar surface area (TPSA) is 28.5 Å². The van der Waals surface area contributed by atoms with Gasteiger partial charge in [0.2, 0.25) is 0 Å². The van der Waals surface area contributed by atoms with Crippen LogP contribution in [0.25, 0.3) is 17.0 Å². The first-order chi connectivity index (χ1) is 11.2. The van der Waals surface area contributed by atoms with Crippen LogP contribution in [-0.4, -0.2) is 53.0 Å². The van der Waals surface area contributed by atoms with E-state index in [2.05, 4.69) is 36.0 Å². The number of rotatable bonds is 4. The zero-order valence-electron chi connectivity index (χ0n) is 14.1. The molecule has 1 amide bonds. The molecule has 0 saturated carbocycles. The van der Waals surface area contributed by atoms with Crippen molar-refractivity contribution < 1.29 is 4.79 Å². The molecule has 2 aromatic rings. The molecule has 0 N–H and O–H groups in total. The summed E-state index contributed by atoms with van der Waals surface area (Å²) in [7, 11) is 0. The van der Waals surface area contributed by atoms with Crippen LogP contribution in [0.5, 0.6) is 0 Å². The van der Waals surface area contributed by atoms with Crippen LogP contribution in [0.3, 0.4) is 0 Å². The number of carbonyl (C=O) groups is 1. The monoisotopic (exact) mass is 311 g/mol. The van der Waals surface area contributed by atoms with E-state index in [9.17, 15) is 4.79 Å². The molecule has 1 fully saturated rings. The van der Waals surface area contributed by atoms with Gasteiger partial charge in [-0.25, -0.2) is 0 Å². The second kappa shape index (κ2) is 6.59. The molecule has 0 bridgehead atoms. The van der Waals surface area contributed by atoms with E-state index in [1.54, 1.807) is 0 Å². The molecule has 0 atom stereocenters. The van der Waals surface area contributed by atoms with E-state index in [1.165, 1.54) is 0 Å². The van der Waals surface area contributed by atoms with Crippen molar-refractivity contribution in [3.63, 3.8) is 0 Å². The van der Waals surface area contributed by atoms with Crippen molar-refractivity contribution in [3.8, 4) is 0 Å². The van der Waals surface area contributed by atoms with E-state index < -0.39 is 0 Å². The molecule has 0 spiro atoms. The number of carbonyl (C=O) groups excluding carboxylic acids is 1. The number of aryl methyl sites for hydroxylation is 1. The van der Waals surface area contributed by atoms with Gasteiger partial charge in [-0.2, -0.15) is 0 Å². The summed E-state index contributed by atoms with van der Waals surface area (Å²) in [4.78, 5) is 17.3. The summed E-state index contributed by atoms with van der Waals surface area (Å²) in [5.74, 6) is 0.157. The average molecular weight is 311 g/mol. The van der Waals surface area contributed by atoms with Crippen molar-refractivity contribution in [2.75, 3.05) is 32.7 Å². The zero-order valence-corrected chi connectivity index (χ0v) is 14.1. The Kier molecular flexibility index (Phi) is 4.53. The van der Waals surface area contributed by atoms with E-state index >= 15 is 0 Å². The number of hydrogen-bond donors (Lipinski definition) is 0. The Bertz CT molecular complexity index is 724. The van der Waals surface area contributed by atoms with Crippen LogP contribution < -0.4 is 0 Å². The largest absolute Gasteiger partial charge is 0.347 e. The first-order valence-electron chi connectivity index (χ1n) is 8.44. The Morgan fingerprint density at radius 1 is 1.17 bits per heavy atom. The second-order valence-electron chi connectivity index (χ2n) is 6.04. The van der Waals surface area contributed by atoms with Crippen molar-refractivity contribution >= 4 is 22.9 Å². The third-order valence-electron chi connectivity index (χ3n) is 4.82. The Labute approximate surface area is 138 Å². The lowest BCUT2D eigenvalue weighted by Gasteiger charge is -2.34. The molecule has 0 unspecified atom stereocenters. The predicted octanol–water partition coefficient (Wildman–Crippen LogP) is 3.08. The standard InChI is InChI=1S/C19H25N3O/c1-4-15-7-8-16-17(14-21(6-3)18(16)13-15)19(23)22-11-9-20(5-2)10-12-22/h4,7-8,13-14H,1,5-6,9-12H2,2-3H3. The van der Waals surface area contributed by atoms with Crippen LogP contribution in [0.1, 0.15) is 29.8 Å². The molecule has 1 aliphatic heterocycles. The van der Waals surface area contributed by atoms with E-state index in [0.717, 1.165) is 61.3 Å². The van der Waals surface area contributed by atoms with Crippen molar-refractivity contribution in [1.82, 2.24) is 14.4 Å². The Hall–Kier alpha value is -2.07. The molecule has 1 aliphatic rings. The summed E-state index contributed by atoms with van der Waals surface area (Å²) < 4.78 is 2.15. The van der Waals surface area contributed by atoms with Crippen LogP contribution in [0, 0.1) is 0 Å². The maximum Gasteiger partial charge on any atom is 0.256 e. The summed E-state index contributed by atoms with van der Waals surface area (Å²) >= 11 is 0. The lowest BCUT2D eigenvalue weighted by molar-refractivity contribution is 0.0645. The molecule has 1 aromatic heterocycles. The van der Waals surface area contributed by atoms with E-state index in [4.69, 9.17) is 0 Å². The van der Waals surface area contributed by atoms with Crippen molar-refractivity contribution in [2.24, 2.45) is 0 Å². The van der Waals surface area contributed by atoms with Crippen LogP contribution in [0.2, 0.25) is 0 Å². The highest BCUT2D eigenvalue weighted by Gasteiger charge is 2.24. The molecule has 1 aromatic carbocycles. The molecule has 122 valence electrons. The second-order valence-corrected chi connectivity index (χ2v) is 6.04. The number of hydrogen-bond acceptors (Lipinski definition) is 2. The minimum atomic E-state index is 0.157. The highest BCUT2D eigenvalue weighted by molar-refractivity contribution is 6.07. The number of fused-ring (bicyclic) bond motifs is 1. The number of nitrogens with zero attached hydrogens (tertiary/aromatic N) is 3. The lowest BCUT2D eigenvalue weighted by atomic mass is 10.1. The molecule has 1 saturated heterocycles. The Morgan fingerprint density at radius 2 is 1.91 bits per heavy atom. The van der Waals surface area contributed by atoms with Gasteiger partial charge in [0.1, 0.15) is 0 Å². The summed E-state index contributed by atoms with van der Waals surface area (Å²) in [6, 6.07) is 6.19. The molecular weight excluding hydrogens is 286 g/mol. The van der Waals surface area contributed by atoms with E-state index in [0.29, 0.717) is 0 Å². The first-order valence-corrected chi connectivity index (χ1v) is 8.44.